The first-order chi connectivity index (χ1) is 9.86. The lowest BCUT2D eigenvalue weighted by Gasteiger charge is -2.04. The highest BCUT2D eigenvalue weighted by Gasteiger charge is 2.06. The molecule has 2 aromatic heterocycles. The van der Waals surface area contributed by atoms with Crippen molar-refractivity contribution in [1.29, 1.82) is 0 Å². The number of ether oxygens (including phenoxy) is 1. The molecule has 0 N–H and O–H groups in total. The van der Waals surface area contributed by atoms with Gasteiger partial charge in [-0.05, 0) is 18.2 Å². The average Bonchev–Trinajstić information content (AvgIpc) is 2.93. The molecule has 0 saturated heterocycles. The maximum Gasteiger partial charge on any atom is 0.237 e. The van der Waals surface area contributed by atoms with Crippen LogP contribution in [0.1, 0.15) is 26.6 Å². The summed E-state index contributed by atoms with van der Waals surface area (Å²) < 4.78 is 7.37. The molecule has 3 rings (SSSR count). The van der Waals surface area contributed by atoms with Crippen LogP contribution < -0.4 is 4.74 Å². The summed E-state index contributed by atoms with van der Waals surface area (Å²) in [6.07, 6.45) is 0.781. The molecule has 0 amide bonds. The molecule has 0 atom stereocenters. The first-order valence-corrected chi connectivity index (χ1v) is 6.81. The van der Waals surface area contributed by atoms with Gasteiger partial charge in [0, 0.05) is 12.5 Å². The fourth-order valence-corrected chi connectivity index (χ4v) is 1.70. The van der Waals surface area contributed by atoms with Crippen LogP contribution in [0.5, 0.6) is 11.6 Å². The molecule has 0 aliphatic heterocycles. The zero-order valence-electron chi connectivity index (χ0n) is 11.9. The second-order valence-electron chi connectivity index (χ2n) is 3.83. The van der Waals surface area contributed by atoms with Crippen molar-refractivity contribution >= 4 is 5.65 Å². The maximum absolute atomic E-state index is 5.67. The van der Waals surface area contributed by atoms with E-state index in [4.69, 9.17) is 4.74 Å². The molecule has 104 valence electrons. The molecule has 0 saturated carbocycles. The summed E-state index contributed by atoms with van der Waals surface area (Å²) in [5.41, 5.74) is 0.729. The highest BCUT2D eigenvalue weighted by Crippen LogP contribution is 2.18. The van der Waals surface area contributed by atoms with Crippen molar-refractivity contribution in [3.8, 4) is 11.6 Å². The number of benzene rings is 1. The number of hydrogen-bond donors (Lipinski definition) is 0. The topological polar surface area (TPSA) is 52.3 Å². The lowest BCUT2D eigenvalue weighted by molar-refractivity contribution is 0.451. The van der Waals surface area contributed by atoms with Gasteiger partial charge in [-0.1, -0.05) is 39.0 Å². The molecule has 1 aromatic carbocycles. The van der Waals surface area contributed by atoms with Crippen LogP contribution in [-0.2, 0) is 6.42 Å². The number of fused-ring (bicyclic) bond motifs is 1. The Balaban J connectivity index is 0.000000704. The predicted octanol–water partition coefficient (Wildman–Crippen LogP) is 3.51. The van der Waals surface area contributed by atoms with Crippen molar-refractivity contribution in [3.63, 3.8) is 0 Å². The molecule has 0 spiro atoms. The fourth-order valence-electron chi connectivity index (χ4n) is 1.70. The Kier molecular flexibility index (Phi) is 4.65. The molecule has 0 bridgehead atoms. The SMILES string of the molecule is CC.CCc1nnc2ccc(Oc3ccccc3)nn12. The number of para-hydroxylation sites is 1. The summed E-state index contributed by atoms with van der Waals surface area (Å²) in [6, 6.07) is 13.2. The molecule has 3 aromatic rings. The van der Waals surface area contributed by atoms with E-state index >= 15 is 0 Å². The minimum absolute atomic E-state index is 0.531. The summed E-state index contributed by atoms with van der Waals surface area (Å²) in [6.45, 7) is 6.02. The standard InChI is InChI=1S/C13H12N4O.C2H6/c1-2-11-14-15-12-8-9-13(16-17(11)12)18-10-6-4-3-5-7-10;1-2/h3-9H,2H2,1H3;1-2H3. The molecule has 2 heterocycles. The zero-order valence-corrected chi connectivity index (χ0v) is 11.9. The lowest BCUT2D eigenvalue weighted by Crippen LogP contribution is -1.99. The van der Waals surface area contributed by atoms with E-state index in [-0.39, 0.29) is 0 Å². The summed E-state index contributed by atoms with van der Waals surface area (Å²) >= 11 is 0. The van der Waals surface area contributed by atoms with Gasteiger partial charge in [-0.2, -0.15) is 4.52 Å². The Labute approximate surface area is 118 Å². The molecular weight excluding hydrogens is 252 g/mol. The third-order valence-corrected chi connectivity index (χ3v) is 2.58. The zero-order chi connectivity index (χ0) is 14.4. The van der Waals surface area contributed by atoms with Crippen LogP contribution in [0.3, 0.4) is 0 Å². The molecule has 0 fully saturated rings. The predicted molar refractivity (Wildman–Crippen MR) is 78.0 cm³/mol. The molecule has 0 radical (unpaired) electrons. The van der Waals surface area contributed by atoms with Gasteiger partial charge in [0.2, 0.25) is 5.88 Å². The van der Waals surface area contributed by atoms with Crippen LogP contribution in [0.25, 0.3) is 5.65 Å². The number of aromatic nitrogens is 4. The van der Waals surface area contributed by atoms with Gasteiger partial charge in [-0.15, -0.1) is 15.3 Å². The van der Waals surface area contributed by atoms with Gasteiger partial charge in [0.05, 0.1) is 0 Å². The molecule has 20 heavy (non-hydrogen) atoms. The average molecular weight is 270 g/mol. The van der Waals surface area contributed by atoms with Crippen molar-refractivity contribution in [2.24, 2.45) is 0 Å². The molecular formula is C15H18N4O. The second kappa shape index (κ2) is 6.65. The second-order valence-corrected chi connectivity index (χ2v) is 3.83. The minimum atomic E-state index is 0.531. The van der Waals surface area contributed by atoms with E-state index in [2.05, 4.69) is 15.3 Å². The molecule has 5 heteroatoms. The van der Waals surface area contributed by atoms with Crippen LogP contribution in [0.15, 0.2) is 42.5 Å². The summed E-state index contributed by atoms with van der Waals surface area (Å²) in [5.74, 6) is 2.11. The Hall–Kier alpha value is -2.43. The van der Waals surface area contributed by atoms with E-state index in [1.54, 1.807) is 10.6 Å². The highest BCUT2D eigenvalue weighted by atomic mass is 16.5. The molecule has 0 aliphatic rings. The van der Waals surface area contributed by atoms with Gasteiger partial charge >= 0.3 is 0 Å². The van der Waals surface area contributed by atoms with Crippen molar-refractivity contribution in [3.05, 3.63) is 48.3 Å². The van der Waals surface area contributed by atoms with Crippen LogP contribution in [0, 0.1) is 0 Å². The molecule has 5 nitrogen and oxygen atoms in total. The summed E-state index contributed by atoms with van der Waals surface area (Å²) in [7, 11) is 0. The first kappa shape index (κ1) is 14.0. The first-order valence-electron chi connectivity index (χ1n) is 6.81. The molecule has 0 aliphatic carbocycles. The van der Waals surface area contributed by atoms with Crippen LogP contribution in [0.2, 0.25) is 0 Å². The van der Waals surface area contributed by atoms with E-state index in [9.17, 15) is 0 Å². The van der Waals surface area contributed by atoms with Crippen molar-refractivity contribution in [2.75, 3.05) is 0 Å². The smallest absolute Gasteiger partial charge is 0.237 e. The highest BCUT2D eigenvalue weighted by molar-refractivity contribution is 5.38. The summed E-state index contributed by atoms with van der Waals surface area (Å²) in [5, 5.41) is 12.5. The van der Waals surface area contributed by atoms with E-state index in [0.29, 0.717) is 5.88 Å². The maximum atomic E-state index is 5.67. The Bertz CT molecular complexity index is 664. The number of aryl methyl sites for hydroxylation is 1. The van der Waals surface area contributed by atoms with Gasteiger partial charge in [0.1, 0.15) is 5.75 Å². The van der Waals surface area contributed by atoms with Gasteiger partial charge < -0.3 is 4.74 Å². The van der Waals surface area contributed by atoms with E-state index in [1.807, 2.05) is 57.2 Å². The van der Waals surface area contributed by atoms with E-state index in [1.165, 1.54) is 0 Å². The Morgan fingerprint density at radius 2 is 1.75 bits per heavy atom. The van der Waals surface area contributed by atoms with Crippen LogP contribution in [0.4, 0.5) is 0 Å². The number of rotatable bonds is 3. The van der Waals surface area contributed by atoms with E-state index < -0.39 is 0 Å². The minimum Gasteiger partial charge on any atom is -0.438 e. The van der Waals surface area contributed by atoms with Crippen LogP contribution >= 0.6 is 0 Å². The number of nitrogens with zero attached hydrogens (tertiary/aromatic N) is 4. The Morgan fingerprint density at radius 3 is 2.45 bits per heavy atom. The van der Waals surface area contributed by atoms with Gasteiger partial charge in [-0.25, -0.2) is 0 Å². The normalized spacial score (nSPS) is 9.95. The monoisotopic (exact) mass is 270 g/mol. The summed E-state index contributed by atoms with van der Waals surface area (Å²) in [4.78, 5) is 0. The third kappa shape index (κ3) is 2.93. The van der Waals surface area contributed by atoms with Gasteiger partial charge in [-0.3, -0.25) is 0 Å². The molecule has 0 unspecified atom stereocenters. The lowest BCUT2D eigenvalue weighted by atomic mass is 10.3. The largest absolute Gasteiger partial charge is 0.438 e. The third-order valence-electron chi connectivity index (χ3n) is 2.58. The van der Waals surface area contributed by atoms with Gasteiger partial charge in [0.25, 0.3) is 0 Å². The Morgan fingerprint density at radius 1 is 1.00 bits per heavy atom. The fraction of sp³-hybridized carbons (Fsp3) is 0.267. The van der Waals surface area contributed by atoms with E-state index in [0.717, 1.165) is 23.6 Å². The van der Waals surface area contributed by atoms with Crippen molar-refractivity contribution in [2.45, 2.75) is 27.2 Å². The number of hydrogen-bond acceptors (Lipinski definition) is 4. The van der Waals surface area contributed by atoms with Crippen LogP contribution in [-0.4, -0.2) is 19.8 Å². The van der Waals surface area contributed by atoms with Crippen molar-refractivity contribution in [1.82, 2.24) is 19.8 Å². The quantitative estimate of drug-likeness (QED) is 0.731. The van der Waals surface area contributed by atoms with Gasteiger partial charge in [0.15, 0.2) is 11.5 Å². The van der Waals surface area contributed by atoms with Crippen molar-refractivity contribution < 1.29 is 4.74 Å².